The normalized spacial score (nSPS) is 18.2. The molecule has 1 aliphatic rings. The molecule has 0 radical (unpaired) electrons. The lowest BCUT2D eigenvalue weighted by molar-refractivity contribution is 0.0608. The minimum atomic E-state index is 0.513. The molecule has 0 bridgehead atoms. The molecule has 1 saturated heterocycles. The Kier molecular flexibility index (Phi) is 5.67. The molecule has 0 aromatic heterocycles. The van der Waals surface area contributed by atoms with Crippen LogP contribution < -0.4 is 10.1 Å². The fraction of sp³-hybridized carbons (Fsp3) is 0.625. The van der Waals surface area contributed by atoms with Crippen LogP contribution in [0.2, 0.25) is 0 Å². The third-order valence-electron chi connectivity index (χ3n) is 4.03. The van der Waals surface area contributed by atoms with Crippen LogP contribution in [0.5, 0.6) is 5.75 Å². The number of ether oxygens (including phenoxy) is 2. The Hall–Kier alpha value is -1.06. The van der Waals surface area contributed by atoms with Crippen molar-refractivity contribution in [3.05, 3.63) is 29.8 Å². The van der Waals surface area contributed by atoms with Crippen molar-refractivity contribution in [2.45, 2.75) is 31.7 Å². The van der Waals surface area contributed by atoms with Crippen molar-refractivity contribution in [1.82, 2.24) is 5.32 Å². The molecule has 0 saturated carbocycles. The number of benzene rings is 1. The molecule has 106 valence electrons. The fourth-order valence-electron chi connectivity index (χ4n) is 2.82. The number of methoxy groups -OCH3 is 1. The van der Waals surface area contributed by atoms with Gasteiger partial charge in [0.25, 0.3) is 0 Å². The van der Waals surface area contributed by atoms with Gasteiger partial charge in [0.05, 0.1) is 7.11 Å². The van der Waals surface area contributed by atoms with Gasteiger partial charge in [-0.2, -0.15) is 0 Å². The molecule has 1 unspecified atom stereocenters. The van der Waals surface area contributed by atoms with Crippen LogP contribution >= 0.6 is 0 Å². The first-order chi connectivity index (χ1) is 9.33. The molecule has 0 amide bonds. The van der Waals surface area contributed by atoms with Crippen molar-refractivity contribution in [3.63, 3.8) is 0 Å². The third kappa shape index (κ3) is 4.22. The van der Waals surface area contributed by atoms with Crippen molar-refractivity contribution in [2.75, 3.05) is 27.4 Å². The van der Waals surface area contributed by atoms with Crippen molar-refractivity contribution >= 4 is 0 Å². The van der Waals surface area contributed by atoms with Gasteiger partial charge in [0.1, 0.15) is 5.75 Å². The molecular weight excluding hydrogens is 238 g/mol. The first-order valence-electron chi connectivity index (χ1n) is 7.20. The largest absolute Gasteiger partial charge is 0.496 e. The topological polar surface area (TPSA) is 30.5 Å². The van der Waals surface area contributed by atoms with Crippen LogP contribution in [-0.2, 0) is 11.2 Å². The molecule has 1 aromatic rings. The van der Waals surface area contributed by atoms with E-state index in [9.17, 15) is 0 Å². The van der Waals surface area contributed by atoms with Crippen molar-refractivity contribution in [3.8, 4) is 5.75 Å². The summed E-state index contributed by atoms with van der Waals surface area (Å²) in [5, 5.41) is 3.45. The van der Waals surface area contributed by atoms with Gasteiger partial charge in [-0.15, -0.1) is 0 Å². The number of likely N-dealkylation sites (N-methyl/N-ethyl adjacent to an activating group) is 1. The smallest absolute Gasteiger partial charge is 0.122 e. The summed E-state index contributed by atoms with van der Waals surface area (Å²) in [5.74, 6) is 1.79. The maximum atomic E-state index is 5.43. The molecular formula is C16H25NO2. The summed E-state index contributed by atoms with van der Waals surface area (Å²) >= 11 is 0. The van der Waals surface area contributed by atoms with Gasteiger partial charge in [-0.25, -0.2) is 0 Å². The molecule has 1 fully saturated rings. The Morgan fingerprint density at radius 1 is 1.32 bits per heavy atom. The molecule has 1 heterocycles. The van der Waals surface area contributed by atoms with E-state index in [1.165, 1.54) is 24.8 Å². The van der Waals surface area contributed by atoms with Gasteiger partial charge in [-0.3, -0.25) is 0 Å². The highest BCUT2D eigenvalue weighted by atomic mass is 16.5. The molecule has 2 rings (SSSR count). The molecule has 1 aromatic carbocycles. The highest BCUT2D eigenvalue weighted by Gasteiger charge is 2.19. The highest BCUT2D eigenvalue weighted by Crippen LogP contribution is 2.24. The zero-order valence-electron chi connectivity index (χ0n) is 12.0. The average Bonchev–Trinajstić information content (AvgIpc) is 2.48. The molecule has 0 spiro atoms. The Morgan fingerprint density at radius 2 is 2.05 bits per heavy atom. The summed E-state index contributed by atoms with van der Waals surface area (Å²) in [4.78, 5) is 0. The van der Waals surface area contributed by atoms with E-state index in [1.54, 1.807) is 7.11 Å². The Morgan fingerprint density at radius 3 is 2.74 bits per heavy atom. The van der Waals surface area contributed by atoms with Crippen LogP contribution in [0.1, 0.15) is 24.8 Å². The predicted octanol–water partition coefficient (Wildman–Crippen LogP) is 2.64. The lowest BCUT2D eigenvalue weighted by Crippen LogP contribution is -2.32. The SMILES string of the molecule is CNC(Cc1ccccc1OC)CC1CCOCC1. The van der Waals surface area contributed by atoms with Gasteiger partial charge in [0.15, 0.2) is 0 Å². The molecule has 1 N–H and O–H groups in total. The second kappa shape index (κ2) is 7.51. The van der Waals surface area contributed by atoms with Crippen LogP contribution in [0, 0.1) is 5.92 Å². The zero-order valence-corrected chi connectivity index (χ0v) is 12.0. The van der Waals surface area contributed by atoms with Crippen molar-refractivity contribution in [2.24, 2.45) is 5.92 Å². The van der Waals surface area contributed by atoms with Crippen molar-refractivity contribution < 1.29 is 9.47 Å². The fourth-order valence-corrected chi connectivity index (χ4v) is 2.82. The van der Waals surface area contributed by atoms with E-state index in [1.807, 2.05) is 12.1 Å². The molecule has 3 nitrogen and oxygen atoms in total. The minimum Gasteiger partial charge on any atom is -0.496 e. The van der Waals surface area contributed by atoms with E-state index in [2.05, 4.69) is 24.5 Å². The zero-order chi connectivity index (χ0) is 13.5. The van der Waals surface area contributed by atoms with Crippen LogP contribution in [0.25, 0.3) is 0 Å². The van der Waals surface area contributed by atoms with E-state index in [0.29, 0.717) is 6.04 Å². The first-order valence-corrected chi connectivity index (χ1v) is 7.20. The molecule has 1 atom stereocenters. The second-order valence-corrected chi connectivity index (χ2v) is 5.29. The van der Waals surface area contributed by atoms with Gasteiger partial charge in [0, 0.05) is 19.3 Å². The van der Waals surface area contributed by atoms with Gasteiger partial charge in [-0.05, 0) is 50.3 Å². The van der Waals surface area contributed by atoms with Gasteiger partial charge >= 0.3 is 0 Å². The maximum absolute atomic E-state index is 5.43. The highest BCUT2D eigenvalue weighted by molar-refractivity contribution is 5.33. The Labute approximate surface area is 116 Å². The Balaban J connectivity index is 1.94. The second-order valence-electron chi connectivity index (χ2n) is 5.29. The number of hydrogen-bond donors (Lipinski definition) is 1. The summed E-state index contributed by atoms with van der Waals surface area (Å²) in [6.07, 6.45) is 4.64. The number of hydrogen-bond acceptors (Lipinski definition) is 3. The summed E-state index contributed by atoms with van der Waals surface area (Å²) in [5.41, 5.74) is 1.29. The third-order valence-corrected chi connectivity index (χ3v) is 4.03. The number of para-hydroxylation sites is 1. The lowest BCUT2D eigenvalue weighted by Gasteiger charge is -2.27. The van der Waals surface area contributed by atoms with E-state index in [-0.39, 0.29) is 0 Å². The number of nitrogens with one attached hydrogen (secondary N) is 1. The summed E-state index contributed by atoms with van der Waals surface area (Å²) in [6, 6.07) is 8.82. The predicted molar refractivity (Wildman–Crippen MR) is 77.7 cm³/mol. The van der Waals surface area contributed by atoms with Gasteiger partial charge in [-0.1, -0.05) is 18.2 Å². The lowest BCUT2D eigenvalue weighted by atomic mass is 9.90. The van der Waals surface area contributed by atoms with E-state index >= 15 is 0 Å². The van der Waals surface area contributed by atoms with Crippen LogP contribution in [0.15, 0.2) is 24.3 Å². The Bertz CT molecular complexity index is 375. The minimum absolute atomic E-state index is 0.513. The standard InChI is InChI=1S/C16H25NO2/c1-17-15(11-13-7-9-19-10-8-13)12-14-5-3-4-6-16(14)18-2/h3-6,13,15,17H,7-12H2,1-2H3. The van der Waals surface area contributed by atoms with E-state index in [4.69, 9.17) is 9.47 Å². The van der Waals surface area contributed by atoms with Crippen LogP contribution in [0.3, 0.4) is 0 Å². The van der Waals surface area contributed by atoms with Crippen LogP contribution in [-0.4, -0.2) is 33.4 Å². The first kappa shape index (κ1) is 14.4. The molecule has 0 aliphatic carbocycles. The number of rotatable bonds is 6. The average molecular weight is 263 g/mol. The maximum Gasteiger partial charge on any atom is 0.122 e. The summed E-state index contributed by atoms with van der Waals surface area (Å²) in [7, 11) is 3.80. The summed E-state index contributed by atoms with van der Waals surface area (Å²) in [6.45, 7) is 1.85. The summed E-state index contributed by atoms with van der Waals surface area (Å²) < 4.78 is 10.9. The van der Waals surface area contributed by atoms with E-state index in [0.717, 1.165) is 31.3 Å². The quantitative estimate of drug-likeness (QED) is 0.856. The van der Waals surface area contributed by atoms with Crippen molar-refractivity contribution in [1.29, 1.82) is 0 Å². The molecule has 19 heavy (non-hydrogen) atoms. The molecule has 3 heteroatoms. The van der Waals surface area contributed by atoms with Gasteiger partial charge < -0.3 is 14.8 Å². The monoisotopic (exact) mass is 263 g/mol. The van der Waals surface area contributed by atoms with Gasteiger partial charge in [0.2, 0.25) is 0 Å². The molecule has 1 aliphatic heterocycles. The van der Waals surface area contributed by atoms with E-state index < -0.39 is 0 Å². The van der Waals surface area contributed by atoms with Crippen LogP contribution in [0.4, 0.5) is 0 Å².